The molecule has 4 N–H and O–H groups in total. The number of carbonyl (C=O) groups is 3. The number of H-pyrrole nitrogens is 1. The maximum absolute atomic E-state index is 13.0. The number of nitrogens with one attached hydrogen (secondary N) is 3. The van der Waals surface area contributed by atoms with E-state index in [0.717, 1.165) is 11.3 Å². The average molecular weight is 467 g/mol. The van der Waals surface area contributed by atoms with Crippen LogP contribution in [0.5, 0.6) is 0 Å². The molecule has 0 aliphatic heterocycles. The number of carbonyl (C=O) groups excluding carboxylic acids is 2. The number of aliphatic carboxylic acids is 1. The molecule has 3 rings (SSSR count). The van der Waals surface area contributed by atoms with Crippen LogP contribution in [0, 0.1) is 0 Å². The number of aromatic nitrogens is 2. The molecule has 0 aliphatic carbocycles. The fourth-order valence-corrected chi connectivity index (χ4v) is 3.77. The third kappa shape index (κ3) is 6.95. The minimum Gasteiger partial charge on any atom is -0.480 e. The zero-order chi connectivity index (χ0) is 23.6. The lowest BCUT2D eigenvalue weighted by Gasteiger charge is -2.17. The molecule has 0 radical (unpaired) electrons. The largest absolute Gasteiger partial charge is 0.480 e. The van der Waals surface area contributed by atoms with Gasteiger partial charge in [0.2, 0.25) is 5.91 Å². The molecule has 3 aromatic rings. The van der Waals surface area contributed by atoms with Crippen LogP contribution >= 0.6 is 11.8 Å². The molecule has 172 valence electrons. The van der Waals surface area contributed by atoms with Crippen molar-refractivity contribution in [3.05, 3.63) is 72.3 Å². The zero-order valence-corrected chi connectivity index (χ0v) is 19.0. The molecule has 1 atom stereocenters. The number of hydrogen-bond donors (Lipinski definition) is 4. The van der Waals surface area contributed by atoms with Crippen LogP contribution in [0.3, 0.4) is 0 Å². The van der Waals surface area contributed by atoms with Crippen LogP contribution in [0.4, 0.5) is 5.69 Å². The van der Waals surface area contributed by atoms with Crippen molar-refractivity contribution in [1.82, 2.24) is 15.3 Å². The highest BCUT2D eigenvalue weighted by atomic mass is 32.2. The molecule has 33 heavy (non-hydrogen) atoms. The maximum atomic E-state index is 13.0. The molecule has 8 nitrogen and oxygen atoms in total. The third-order valence-corrected chi connectivity index (χ3v) is 5.67. The summed E-state index contributed by atoms with van der Waals surface area (Å²) in [5.74, 6) is -1.09. The van der Waals surface area contributed by atoms with Gasteiger partial charge in [-0.15, -0.1) is 0 Å². The summed E-state index contributed by atoms with van der Waals surface area (Å²) in [5.41, 5.74) is 3.15. The third-order valence-electron chi connectivity index (χ3n) is 5.02. The summed E-state index contributed by atoms with van der Waals surface area (Å²) in [4.78, 5) is 43.9. The molecule has 1 heterocycles. The minimum absolute atomic E-state index is 0.163. The first kappa shape index (κ1) is 24.1. The summed E-state index contributed by atoms with van der Waals surface area (Å²) in [6, 6.07) is 13.3. The van der Waals surface area contributed by atoms with Gasteiger partial charge in [-0.3, -0.25) is 9.59 Å². The van der Waals surface area contributed by atoms with Gasteiger partial charge in [-0.25, -0.2) is 9.78 Å². The van der Waals surface area contributed by atoms with E-state index in [1.807, 2.05) is 36.6 Å². The van der Waals surface area contributed by atoms with Crippen molar-refractivity contribution < 1.29 is 19.5 Å². The van der Waals surface area contributed by atoms with Crippen molar-refractivity contribution >= 4 is 35.2 Å². The number of carboxylic acids is 1. The van der Waals surface area contributed by atoms with Crippen molar-refractivity contribution in [3.8, 4) is 11.1 Å². The normalized spacial score (nSPS) is 11.5. The molecular formula is C24H26N4O4S. The van der Waals surface area contributed by atoms with Crippen molar-refractivity contribution in [1.29, 1.82) is 0 Å². The number of thioether (sulfide) groups is 1. The van der Waals surface area contributed by atoms with Crippen LogP contribution in [-0.2, 0) is 16.0 Å². The Bertz CT molecular complexity index is 1090. The molecule has 0 saturated heterocycles. The van der Waals surface area contributed by atoms with Crippen LogP contribution in [0.1, 0.15) is 28.9 Å². The van der Waals surface area contributed by atoms with Crippen LogP contribution in [0.2, 0.25) is 0 Å². The monoisotopic (exact) mass is 466 g/mol. The lowest BCUT2D eigenvalue weighted by Crippen LogP contribution is -2.41. The predicted octanol–water partition coefficient (Wildman–Crippen LogP) is 3.58. The number of hydrogen-bond acceptors (Lipinski definition) is 5. The first-order chi connectivity index (χ1) is 16.0. The number of anilines is 1. The van der Waals surface area contributed by atoms with Gasteiger partial charge in [-0.2, -0.15) is 11.8 Å². The molecule has 2 amide bonds. The first-order valence-corrected chi connectivity index (χ1v) is 11.9. The van der Waals surface area contributed by atoms with Gasteiger partial charge >= 0.3 is 5.97 Å². The molecule has 0 aliphatic rings. The Hall–Kier alpha value is -3.59. The quantitative estimate of drug-likeness (QED) is 0.342. The summed E-state index contributed by atoms with van der Waals surface area (Å²) in [5, 5.41) is 15.0. The van der Waals surface area contributed by atoms with E-state index in [9.17, 15) is 19.5 Å². The Balaban J connectivity index is 1.80. The number of aryl methyl sites for hydroxylation is 1. The highest BCUT2D eigenvalue weighted by Gasteiger charge is 2.22. The van der Waals surface area contributed by atoms with E-state index in [1.54, 1.807) is 30.7 Å². The number of benzene rings is 2. The average Bonchev–Trinajstić information content (AvgIpc) is 3.34. The van der Waals surface area contributed by atoms with Gasteiger partial charge < -0.3 is 20.7 Å². The van der Waals surface area contributed by atoms with Gasteiger partial charge in [0.15, 0.2) is 0 Å². The fourth-order valence-electron chi connectivity index (χ4n) is 3.30. The van der Waals surface area contributed by atoms with Crippen molar-refractivity contribution in [3.63, 3.8) is 0 Å². The molecular weight excluding hydrogens is 440 g/mol. The number of imidazole rings is 1. The summed E-state index contributed by atoms with van der Waals surface area (Å²) in [6.45, 7) is 0. The summed E-state index contributed by atoms with van der Waals surface area (Å²) < 4.78 is 0. The van der Waals surface area contributed by atoms with E-state index in [1.165, 1.54) is 11.8 Å². The second kappa shape index (κ2) is 11.9. The summed E-state index contributed by atoms with van der Waals surface area (Å²) >= 11 is 1.52. The van der Waals surface area contributed by atoms with Gasteiger partial charge in [-0.05, 0) is 54.2 Å². The molecule has 1 aromatic heterocycles. The van der Waals surface area contributed by atoms with E-state index in [4.69, 9.17) is 0 Å². The highest BCUT2D eigenvalue weighted by molar-refractivity contribution is 7.98. The molecule has 0 saturated carbocycles. The fraction of sp³-hybridized carbons (Fsp3) is 0.250. The van der Waals surface area contributed by atoms with Crippen LogP contribution in [-0.4, -0.2) is 50.9 Å². The highest BCUT2D eigenvalue weighted by Crippen LogP contribution is 2.27. The number of aromatic amines is 1. The molecule has 0 spiro atoms. The van der Waals surface area contributed by atoms with E-state index < -0.39 is 17.9 Å². The van der Waals surface area contributed by atoms with Gasteiger partial charge in [-0.1, -0.05) is 30.3 Å². The topological polar surface area (TPSA) is 124 Å². The van der Waals surface area contributed by atoms with Crippen LogP contribution in [0.15, 0.2) is 61.1 Å². The standard InChI is InChI=1S/C24H26N4O4S/c1-33-12-11-21(24(31)32)28-23(30)19-9-7-17(13-20(19)16-5-3-2-4-6-16)27-22(29)10-8-18-14-25-15-26-18/h2-7,9,13-15,21H,8,10-12H2,1H3,(H,25,26)(H,27,29)(H,28,30)(H,31,32)/t21-/m0/s1. The smallest absolute Gasteiger partial charge is 0.326 e. The molecule has 0 fully saturated rings. The van der Waals surface area contributed by atoms with E-state index in [0.29, 0.717) is 35.4 Å². The Morgan fingerprint density at radius 2 is 1.94 bits per heavy atom. The Kier molecular flexibility index (Phi) is 8.65. The SMILES string of the molecule is CSCC[C@H](NC(=O)c1ccc(NC(=O)CCc2cnc[nH]2)cc1-c1ccccc1)C(=O)O. The number of nitrogens with zero attached hydrogens (tertiary/aromatic N) is 1. The Morgan fingerprint density at radius 3 is 2.61 bits per heavy atom. The van der Waals surface area contributed by atoms with Crippen LogP contribution < -0.4 is 10.6 Å². The van der Waals surface area contributed by atoms with Gasteiger partial charge in [0.25, 0.3) is 5.91 Å². The van der Waals surface area contributed by atoms with E-state index in [2.05, 4.69) is 20.6 Å². The lowest BCUT2D eigenvalue weighted by atomic mass is 9.98. The van der Waals surface area contributed by atoms with Gasteiger partial charge in [0, 0.05) is 29.6 Å². The number of carboxylic acid groups (broad SMARTS) is 1. The van der Waals surface area contributed by atoms with E-state index in [-0.39, 0.29) is 12.3 Å². The predicted molar refractivity (Wildman–Crippen MR) is 129 cm³/mol. The second-order valence-corrected chi connectivity index (χ2v) is 8.38. The first-order valence-electron chi connectivity index (χ1n) is 10.5. The van der Waals surface area contributed by atoms with E-state index >= 15 is 0 Å². The summed E-state index contributed by atoms with van der Waals surface area (Å²) in [6.07, 6.45) is 6.27. The Labute approximate surface area is 196 Å². The number of rotatable bonds is 11. The molecule has 2 aromatic carbocycles. The minimum atomic E-state index is -1.07. The lowest BCUT2D eigenvalue weighted by molar-refractivity contribution is -0.139. The molecule has 9 heteroatoms. The van der Waals surface area contributed by atoms with Crippen molar-refractivity contribution in [2.45, 2.75) is 25.3 Å². The van der Waals surface area contributed by atoms with Crippen LogP contribution in [0.25, 0.3) is 11.1 Å². The molecule has 0 unspecified atom stereocenters. The zero-order valence-electron chi connectivity index (χ0n) is 18.2. The Morgan fingerprint density at radius 1 is 1.15 bits per heavy atom. The molecule has 0 bridgehead atoms. The van der Waals surface area contributed by atoms with Crippen molar-refractivity contribution in [2.24, 2.45) is 0 Å². The second-order valence-electron chi connectivity index (χ2n) is 7.40. The van der Waals surface area contributed by atoms with Gasteiger partial charge in [0.05, 0.1) is 6.33 Å². The maximum Gasteiger partial charge on any atom is 0.326 e. The van der Waals surface area contributed by atoms with Crippen molar-refractivity contribution in [2.75, 3.05) is 17.3 Å². The number of amides is 2. The van der Waals surface area contributed by atoms with Gasteiger partial charge in [0.1, 0.15) is 6.04 Å². The summed E-state index contributed by atoms with van der Waals surface area (Å²) in [7, 11) is 0.